The molecule has 0 atom stereocenters. The van der Waals surface area contributed by atoms with Gasteiger partial charge >= 0.3 is 6.09 Å². The summed E-state index contributed by atoms with van der Waals surface area (Å²) in [5.41, 5.74) is 1.83. The normalized spacial score (nSPS) is 19.6. The number of hydrogen-bond donors (Lipinski definition) is 0. The van der Waals surface area contributed by atoms with Gasteiger partial charge in [0.15, 0.2) is 0 Å². The van der Waals surface area contributed by atoms with Crippen LogP contribution in [0.3, 0.4) is 0 Å². The van der Waals surface area contributed by atoms with Crippen LogP contribution in [0.1, 0.15) is 58.4 Å². The fraction of sp³-hybridized carbons (Fsp3) is 0.632. The molecule has 1 aromatic rings. The van der Waals surface area contributed by atoms with Crippen LogP contribution in [-0.2, 0) is 10.2 Å². The second-order valence-electron chi connectivity index (χ2n) is 7.79. The van der Waals surface area contributed by atoms with Crippen molar-refractivity contribution in [2.45, 2.75) is 63.9 Å². The van der Waals surface area contributed by atoms with Gasteiger partial charge in [-0.2, -0.15) is 0 Å². The Hall–Kier alpha value is -1.71. The lowest BCUT2D eigenvalue weighted by Crippen LogP contribution is -2.41. The standard InChI is InChI=1S/C19H27NO3/c1-18(2,3)23-17(21)20-13-19(10-6-5-7-11-19)15-12-14(22-4)8-9-16(15)20/h8-9,12H,5-7,10-11,13H2,1-4H3. The molecule has 1 aliphatic heterocycles. The van der Waals surface area contributed by atoms with Crippen LogP contribution in [0.2, 0.25) is 0 Å². The Morgan fingerprint density at radius 1 is 1.17 bits per heavy atom. The van der Waals surface area contributed by atoms with E-state index in [9.17, 15) is 4.79 Å². The maximum atomic E-state index is 12.7. The van der Waals surface area contributed by atoms with Crippen LogP contribution in [0.25, 0.3) is 0 Å². The Morgan fingerprint density at radius 2 is 1.87 bits per heavy atom. The molecule has 0 aromatic heterocycles. The number of rotatable bonds is 1. The van der Waals surface area contributed by atoms with Crippen LogP contribution in [0.15, 0.2) is 18.2 Å². The molecule has 0 bridgehead atoms. The van der Waals surface area contributed by atoms with Crippen LogP contribution >= 0.6 is 0 Å². The van der Waals surface area contributed by atoms with Gasteiger partial charge in [-0.05, 0) is 57.4 Å². The Labute approximate surface area is 138 Å². The largest absolute Gasteiger partial charge is 0.497 e. The van der Waals surface area contributed by atoms with Gasteiger partial charge in [-0.1, -0.05) is 19.3 Å². The van der Waals surface area contributed by atoms with Gasteiger partial charge in [-0.15, -0.1) is 0 Å². The summed E-state index contributed by atoms with van der Waals surface area (Å²) < 4.78 is 11.0. The smallest absolute Gasteiger partial charge is 0.414 e. The average Bonchev–Trinajstić information content (AvgIpc) is 2.80. The Morgan fingerprint density at radius 3 is 2.48 bits per heavy atom. The van der Waals surface area contributed by atoms with Crippen LogP contribution in [0.5, 0.6) is 5.75 Å². The highest BCUT2D eigenvalue weighted by atomic mass is 16.6. The zero-order chi connectivity index (χ0) is 16.7. The molecule has 23 heavy (non-hydrogen) atoms. The number of hydrogen-bond acceptors (Lipinski definition) is 3. The number of methoxy groups -OCH3 is 1. The molecule has 3 rings (SSSR count). The van der Waals surface area contributed by atoms with Crippen molar-refractivity contribution in [1.82, 2.24) is 0 Å². The van der Waals surface area contributed by atoms with Crippen molar-refractivity contribution >= 4 is 11.8 Å². The number of anilines is 1. The zero-order valence-corrected chi connectivity index (χ0v) is 14.6. The molecule has 0 saturated heterocycles. The monoisotopic (exact) mass is 317 g/mol. The highest BCUT2D eigenvalue weighted by molar-refractivity contribution is 5.92. The molecule has 1 amide bonds. The van der Waals surface area contributed by atoms with Crippen LogP contribution < -0.4 is 9.64 Å². The third kappa shape index (κ3) is 3.04. The maximum Gasteiger partial charge on any atom is 0.414 e. The number of carbonyl (C=O) groups is 1. The Bertz CT molecular complexity index is 597. The second kappa shape index (κ2) is 5.73. The number of benzene rings is 1. The lowest BCUT2D eigenvalue weighted by molar-refractivity contribution is 0.0575. The molecule has 1 spiro atoms. The summed E-state index contributed by atoms with van der Waals surface area (Å²) >= 11 is 0. The van der Waals surface area contributed by atoms with Crippen LogP contribution in [-0.4, -0.2) is 25.3 Å². The van der Waals surface area contributed by atoms with Crippen molar-refractivity contribution in [3.8, 4) is 5.75 Å². The van der Waals surface area contributed by atoms with Crippen LogP contribution in [0.4, 0.5) is 10.5 Å². The summed E-state index contributed by atoms with van der Waals surface area (Å²) in [5, 5.41) is 0. The Kier molecular flexibility index (Phi) is 4.03. The SMILES string of the molecule is COc1ccc2c(c1)C1(CCCCC1)CN2C(=O)OC(C)(C)C. The highest BCUT2D eigenvalue weighted by Crippen LogP contribution is 2.50. The minimum Gasteiger partial charge on any atom is -0.497 e. The van der Waals surface area contributed by atoms with Gasteiger partial charge in [0.1, 0.15) is 11.4 Å². The second-order valence-corrected chi connectivity index (χ2v) is 7.79. The molecule has 0 N–H and O–H groups in total. The third-order valence-corrected chi connectivity index (χ3v) is 4.95. The third-order valence-electron chi connectivity index (χ3n) is 4.95. The topological polar surface area (TPSA) is 38.8 Å². The molecule has 1 heterocycles. The van der Waals surface area contributed by atoms with E-state index in [2.05, 4.69) is 6.07 Å². The number of carbonyl (C=O) groups excluding carboxylic acids is 1. The van der Waals surface area contributed by atoms with E-state index in [1.54, 1.807) is 7.11 Å². The summed E-state index contributed by atoms with van der Waals surface area (Å²) in [6.45, 7) is 6.45. The van der Waals surface area contributed by atoms with Gasteiger partial charge < -0.3 is 9.47 Å². The molecule has 0 radical (unpaired) electrons. The van der Waals surface area contributed by atoms with E-state index in [4.69, 9.17) is 9.47 Å². The molecule has 4 nitrogen and oxygen atoms in total. The van der Waals surface area contributed by atoms with Crippen molar-refractivity contribution in [2.75, 3.05) is 18.6 Å². The van der Waals surface area contributed by atoms with Gasteiger partial charge in [0.2, 0.25) is 0 Å². The van der Waals surface area contributed by atoms with Gasteiger partial charge in [0.05, 0.1) is 12.8 Å². The first kappa shape index (κ1) is 16.2. The molecular formula is C19H27NO3. The molecule has 0 unspecified atom stereocenters. The lowest BCUT2D eigenvalue weighted by atomic mass is 9.71. The molecular weight excluding hydrogens is 290 g/mol. The molecule has 126 valence electrons. The summed E-state index contributed by atoms with van der Waals surface area (Å²) in [7, 11) is 1.69. The summed E-state index contributed by atoms with van der Waals surface area (Å²) in [4.78, 5) is 14.5. The van der Waals surface area contributed by atoms with Gasteiger partial charge in [0, 0.05) is 12.0 Å². The first-order valence-electron chi connectivity index (χ1n) is 8.54. The zero-order valence-electron chi connectivity index (χ0n) is 14.6. The quantitative estimate of drug-likeness (QED) is 0.756. The summed E-state index contributed by atoms with van der Waals surface area (Å²) in [5.74, 6) is 0.861. The van der Waals surface area contributed by atoms with Gasteiger partial charge in [0.25, 0.3) is 0 Å². The van der Waals surface area contributed by atoms with E-state index in [-0.39, 0.29) is 11.5 Å². The fourth-order valence-electron chi connectivity index (χ4n) is 3.91. The molecule has 1 saturated carbocycles. The maximum absolute atomic E-state index is 12.7. The van der Waals surface area contributed by atoms with Crippen LogP contribution in [0, 0.1) is 0 Å². The number of nitrogens with zero attached hydrogens (tertiary/aromatic N) is 1. The van der Waals surface area contributed by atoms with Gasteiger partial charge in [-0.25, -0.2) is 4.79 Å². The van der Waals surface area contributed by atoms with Crippen molar-refractivity contribution in [2.24, 2.45) is 0 Å². The Balaban J connectivity index is 1.98. The molecule has 2 aliphatic rings. The number of amides is 1. The molecule has 1 aromatic carbocycles. The average molecular weight is 317 g/mol. The van der Waals surface area contributed by atoms with E-state index in [1.165, 1.54) is 24.8 Å². The first-order valence-corrected chi connectivity index (χ1v) is 8.54. The predicted molar refractivity (Wildman–Crippen MR) is 91.3 cm³/mol. The van der Waals surface area contributed by atoms with Crippen molar-refractivity contribution in [3.63, 3.8) is 0 Å². The van der Waals surface area contributed by atoms with E-state index < -0.39 is 5.60 Å². The summed E-state index contributed by atoms with van der Waals surface area (Å²) in [6, 6.07) is 6.05. The lowest BCUT2D eigenvalue weighted by Gasteiger charge is -2.34. The van der Waals surface area contributed by atoms with E-state index in [1.807, 2.05) is 37.8 Å². The minimum absolute atomic E-state index is 0.0685. The molecule has 4 heteroatoms. The highest BCUT2D eigenvalue weighted by Gasteiger charge is 2.46. The minimum atomic E-state index is -0.480. The predicted octanol–water partition coefficient (Wildman–Crippen LogP) is 4.65. The number of fused-ring (bicyclic) bond motifs is 2. The summed E-state index contributed by atoms with van der Waals surface area (Å²) in [6.07, 6.45) is 5.75. The van der Waals surface area contributed by atoms with E-state index >= 15 is 0 Å². The fourth-order valence-corrected chi connectivity index (χ4v) is 3.91. The van der Waals surface area contributed by atoms with Gasteiger partial charge in [-0.3, -0.25) is 4.90 Å². The van der Waals surface area contributed by atoms with Crippen molar-refractivity contribution in [1.29, 1.82) is 0 Å². The first-order chi connectivity index (χ1) is 10.8. The molecule has 1 aliphatic carbocycles. The van der Waals surface area contributed by atoms with Crippen molar-refractivity contribution < 1.29 is 14.3 Å². The number of ether oxygens (including phenoxy) is 2. The van der Waals surface area contributed by atoms with Crippen molar-refractivity contribution in [3.05, 3.63) is 23.8 Å². The van der Waals surface area contributed by atoms with E-state index in [0.717, 1.165) is 30.8 Å². The van der Waals surface area contributed by atoms with E-state index in [0.29, 0.717) is 0 Å². The molecule has 1 fully saturated rings.